The van der Waals surface area contributed by atoms with Crippen molar-refractivity contribution >= 4 is 11.9 Å². The molecule has 2 N–H and O–H groups in total. The molecule has 0 atom stereocenters. The van der Waals surface area contributed by atoms with Crippen LogP contribution in [0.3, 0.4) is 0 Å². The second-order valence-electron chi connectivity index (χ2n) is 3.54. The fourth-order valence-corrected chi connectivity index (χ4v) is 1.36. The molecule has 1 aromatic heterocycles. The second-order valence-corrected chi connectivity index (χ2v) is 3.54. The van der Waals surface area contributed by atoms with Gasteiger partial charge in [-0.1, -0.05) is 18.2 Å². The molecule has 1 heterocycles. The minimum atomic E-state index is -0.247. The minimum Gasteiger partial charge on any atom is -0.483 e. The molecule has 1 aromatic carbocycles. The summed E-state index contributed by atoms with van der Waals surface area (Å²) in [7, 11) is 0. The fourth-order valence-electron chi connectivity index (χ4n) is 1.36. The Kier molecular flexibility index (Phi) is 3.40. The number of nitrogens with zero attached hydrogens (tertiary/aromatic N) is 1. The van der Waals surface area contributed by atoms with Crippen molar-refractivity contribution in [3.63, 3.8) is 0 Å². The van der Waals surface area contributed by atoms with Crippen molar-refractivity contribution < 1.29 is 9.53 Å². The van der Waals surface area contributed by atoms with Gasteiger partial charge in [-0.15, -0.1) is 0 Å². The average Bonchev–Trinajstić information content (AvgIpc) is 2.81. The van der Waals surface area contributed by atoms with Gasteiger partial charge in [0.05, 0.1) is 0 Å². The molecule has 2 aromatic rings. The summed E-state index contributed by atoms with van der Waals surface area (Å²) in [6, 6.07) is 7.55. The van der Waals surface area contributed by atoms with Gasteiger partial charge in [-0.2, -0.15) is 0 Å². The van der Waals surface area contributed by atoms with Gasteiger partial charge in [0, 0.05) is 12.4 Å². The van der Waals surface area contributed by atoms with Crippen molar-refractivity contribution in [2.45, 2.75) is 6.92 Å². The maximum Gasteiger partial charge on any atom is 0.264 e. The Morgan fingerprint density at radius 2 is 2.29 bits per heavy atom. The number of hydrogen-bond donors (Lipinski definition) is 2. The number of carbonyl (C=O) groups excluding carboxylic acids is 1. The third-order valence-electron chi connectivity index (χ3n) is 2.21. The van der Waals surface area contributed by atoms with Crippen molar-refractivity contribution in [2.24, 2.45) is 0 Å². The van der Waals surface area contributed by atoms with Crippen LogP contribution in [0.5, 0.6) is 5.75 Å². The first-order valence-electron chi connectivity index (χ1n) is 5.23. The number of aromatic amines is 1. The van der Waals surface area contributed by atoms with E-state index in [9.17, 15) is 4.79 Å². The molecule has 5 nitrogen and oxygen atoms in total. The molecular weight excluding hydrogens is 218 g/mol. The zero-order valence-corrected chi connectivity index (χ0v) is 9.43. The van der Waals surface area contributed by atoms with Crippen LogP contribution in [0.15, 0.2) is 36.7 Å². The molecule has 0 radical (unpaired) electrons. The quantitative estimate of drug-likeness (QED) is 0.842. The van der Waals surface area contributed by atoms with E-state index in [4.69, 9.17) is 4.74 Å². The lowest BCUT2D eigenvalue weighted by molar-refractivity contribution is -0.118. The lowest BCUT2D eigenvalue weighted by Crippen LogP contribution is -2.21. The average molecular weight is 231 g/mol. The van der Waals surface area contributed by atoms with E-state index in [-0.39, 0.29) is 12.5 Å². The molecule has 1 amide bonds. The highest BCUT2D eigenvalue weighted by molar-refractivity contribution is 5.90. The topological polar surface area (TPSA) is 67.0 Å². The maximum absolute atomic E-state index is 11.5. The molecule has 0 aliphatic carbocycles. The van der Waals surface area contributed by atoms with E-state index in [1.54, 1.807) is 12.4 Å². The molecule has 88 valence electrons. The van der Waals surface area contributed by atoms with Crippen LogP contribution in [0.2, 0.25) is 0 Å². The van der Waals surface area contributed by atoms with E-state index in [1.807, 2.05) is 31.2 Å². The van der Waals surface area contributed by atoms with Crippen molar-refractivity contribution in [2.75, 3.05) is 11.9 Å². The molecule has 0 bridgehead atoms. The number of carbonyl (C=O) groups is 1. The number of ether oxygens (including phenoxy) is 1. The molecule has 0 spiro atoms. The van der Waals surface area contributed by atoms with E-state index >= 15 is 0 Å². The predicted molar refractivity (Wildman–Crippen MR) is 63.9 cm³/mol. The van der Waals surface area contributed by atoms with Gasteiger partial charge in [0.2, 0.25) is 5.95 Å². The first kappa shape index (κ1) is 11.2. The molecule has 0 aliphatic rings. The van der Waals surface area contributed by atoms with Gasteiger partial charge in [-0.25, -0.2) is 4.98 Å². The first-order valence-corrected chi connectivity index (χ1v) is 5.23. The van der Waals surface area contributed by atoms with Crippen LogP contribution in [-0.4, -0.2) is 22.5 Å². The SMILES string of the molecule is Cc1ccccc1OCC(=O)Nc1ncc[nH]1. The third kappa shape index (κ3) is 3.07. The molecule has 2 rings (SSSR count). The first-order chi connectivity index (χ1) is 8.25. The number of rotatable bonds is 4. The van der Waals surface area contributed by atoms with Crippen LogP contribution in [0.25, 0.3) is 0 Å². The molecular formula is C12H13N3O2. The monoisotopic (exact) mass is 231 g/mol. The van der Waals surface area contributed by atoms with Gasteiger partial charge in [0.1, 0.15) is 5.75 Å². The van der Waals surface area contributed by atoms with E-state index in [2.05, 4.69) is 15.3 Å². The van der Waals surface area contributed by atoms with Crippen molar-refractivity contribution in [3.8, 4) is 5.75 Å². The molecule has 17 heavy (non-hydrogen) atoms. The molecule has 0 saturated heterocycles. The highest BCUT2D eigenvalue weighted by Gasteiger charge is 2.05. The second kappa shape index (κ2) is 5.16. The zero-order chi connectivity index (χ0) is 12.1. The van der Waals surface area contributed by atoms with Gasteiger partial charge in [-0.3, -0.25) is 10.1 Å². The Morgan fingerprint density at radius 3 is 3.00 bits per heavy atom. The number of benzene rings is 1. The minimum absolute atomic E-state index is 0.0362. The van der Waals surface area contributed by atoms with Crippen LogP contribution in [0.4, 0.5) is 5.95 Å². The number of hydrogen-bond acceptors (Lipinski definition) is 3. The summed E-state index contributed by atoms with van der Waals surface area (Å²) in [5.41, 5.74) is 0.998. The van der Waals surface area contributed by atoms with Gasteiger partial charge >= 0.3 is 0 Å². The number of aromatic nitrogens is 2. The Morgan fingerprint density at radius 1 is 1.47 bits per heavy atom. The van der Waals surface area contributed by atoms with Crippen LogP contribution in [0, 0.1) is 6.92 Å². The van der Waals surface area contributed by atoms with Crippen molar-refractivity contribution in [1.82, 2.24) is 9.97 Å². The molecule has 0 saturated carbocycles. The van der Waals surface area contributed by atoms with Gasteiger partial charge in [0.15, 0.2) is 6.61 Å². The summed E-state index contributed by atoms with van der Waals surface area (Å²) in [4.78, 5) is 18.2. The Labute approximate surface area is 98.8 Å². The summed E-state index contributed by atoms with van der Waals surface area (Å²) in [5, 5.41) is 2.58. The largest absolute Gasteiger partial charge is 0.483 e. The lowest BCUT2D eigenvalue weighted by atomic mass is 10.2. The van der Waals surface area contributed by atoms with Gasteiger partial charge < -0.3 is 9.72 Å². The summed E-state index contributed by atoms with van der Waals surface area (Å²) in [6.45, 7) is 1.89. The normalized spacial score (nSPS) is 9.94. The van der Waals surface area contributed by atoms with Crippen LogP contribution >= 0.6 is 0 Å². The standard InChI is InChI=1S/C12H13N3O2/c1-9-4-2-3-5-10(9)17-8-11(16)15-12-13-6-7-14-12/h2-7H,8H2,1H3,(H2,13,14,15,16). The Bertz CT molecular complexity index is 494. The number of nitrogens with one attached hydrogen (secondary N) is 2. The molecule has 0 fully saturated rings. The molecule has 0 unspecified atom stereocenters. The van der Waals surface area contributed by atoms with Crippen LogP contribution in [-0.2, 0) is 4.79 Å². The summed E-state index contributed by atoms with van der Waals surface area (Å²) in [6.07, 6.45) is 3.20. The fraction of sp³-hybridized carbons (Fsp3) is 0.167. The molecule has 0 aliphatic heterocycles. The smallest absolute Gasteiger partial charge is 0.264 e. The highest BCUT2D eigenvalue weighted by atomic mass is 16.5. The van der Waals surface area contributed by atoms with Crippen LogP contribution < -0.4 is 10.1 Å². The summed E-state index contributed by atoms with van der Waals surface area (Å²) < 4.78 is 5.39. The van der Waals surface area contributed by atoms with E-state index in [1.165, 1.54) is 0 Å². The number of aryl methyl sites for hydroxylation is 1. The van der Waals surface area contributed by atoms with E-state index in [0.717, 1.165) is 5.56 Å². The lowest BCUT2D eigenvalue weighted by Gasteiger charge is -2.07. The Hall–Kier alpha value is -2.30. The predicted octanol–water partition coefficient (Wildman–Crippen LogP) is 1.74. The number of para-hydroxylation sites is 1. The van der Waals surface area contributed by atoms with Gasteiger partial charge in [0.25, 0.3) is 5.91 Å². The number of imidazole rings is 1. The number of anilines is 1. The summed E-state index contributed by atoms with van der Waals surface area (Å²) in [5.74, 6) is 0.883. The van der Waals surface area contributed by atoms with E-state index < -0.39 is 0 Å². The van der Waals surface area contributed by atoms with E-state index in [0.29, 0.717) is 11.7 Å². The van der Waals surface area contributed by atoms with Crippen LogP contribution in [0.1, 0.15) is 5.56 Å². The summed E-state index contributed by atoms with van der Waals surface area (Å²) >= 11 is 0. The van der Waals surface area contributed by atoms with Crippen molar-refractivity contribution in [1.29, 1.82) is 0 Å². The number of amides is 1. The Balaban J connectivity index is 1.86. The van der Waals surface area contributed by atoms with Gasteiger partial charge in [-0.05, 0) is 18.6 Å². The molecule has 5 heteroatoms. The highest BCUT2D eigenvalue weighted by Crippen LogP contribution is 2.15. The number of H-pyrrole nitrogens is 1. The third-order valence-corrected chi connectivity index (χ3v) is 2.21. The van der Waals surface area contributed by atoms with Crippen molar-refractivity contribution in [3.05, 3.63) is 42.2 Å². The maximum atomic E-state index is 11.5. The zero-order valence-electron chi connectivity index (χ0n) is 9.43.